The normalized spacial score (nSPS) is 11.4. The molecule has 2 aromatic carbocycles. The SMILES string of the molecule is Cc1cc(CO)cc(S(=O)(=O)Nc2cccc(Br)c2)c1Br. The Balaban J connectivity index is 2.47. The van der Waals surface area contributed by atoms with Crippen molar-refractivity contribution in [1.29, 1.82) is 0 Å². The van der Waals surface area contributed by atoms with Crippen molar-refractivity contribution in [3.05, 3.63) is 56.5 Å². The van der Waals surface area contributed by atoms with Crippen molar-refractivity contribution >= 4 is 47.6 Å². The molecule has 0 saturated heterocycles. The summed E-state index contributed by atoms with van der Waals surface area (Å²) in [5, 5.41) is 9.23. The maximum absolute atomic E-state index is 12.5. The molecule has 0 radical (unpaired) electrons. The first-order valence-electron chi connectivity index (χ1n) is 6.02. The molecular weight excluding hydrogens is 422 g/mol. The summed E-state index contributed by atoms with van der Waals surface area (Å²) in [6, 6.07) is 10.1. The van der Waals surface area contributed by atoms with E-state index in [9.17, 15) is 13.5 Å². The van der Waals surface area contributed by atoms with Gasteiger partial charge in [0.25, 0.3) is 10.0 Å². The highest BCUT2D eigenvalue weighted by Gasteiger charge is 2.20. The van der Waals surface area contributed by atoms with E-state index < -0.39 is 10.0 Å². The Hall–Kier alpha value is -0.890. The molecule has 0 aliphatic carbocycles. The molecule has 2 rings (SSSR count). The predicted molar refractivity (Wildman–Crippen MR) is 89.8 cm³/mol. The molecule has 21 heavy (non-hydrogen) atoms. The molecule has 0 saturated carbocycles. The van der Waals surface area contributed by atoms with Gasteiger partial charge in [-0.2, -0.15) is 0 Å². The summed E-state index contributed by atoms with van der Waals surface area (Å²) in [7, 11) is -3.74. The number of aliphatic hydroxyl groups is 1. The minimum absolute atomic E-state index is 0.103. The molecule has 0 fully saturated rings. The van der Waals surface area contributed by atoms with Gasteiger partial charge < -0.3 is 5.11 Å². The number of benzene rings is 2. The number of aliphatic hydroxyl groups excluding tert-OH is 1. The van der Waals surface area contributed by atoms with Gasteiger partial charge in [0.15, 0.2) is 0 Å². The van der Waals surface area contributed by atoms with Crippen LogP contribution in [-0.4, -0.2) is 13.5 Å². The van der Waals surface area contributed by atoms with E-state index in [4.69, 9.17) is 0 Å². The predicted octanol–water partition coefficient (Wildman–Crippen LogP) is 3.81. The van der Waals surface area contributed by atoms with Crippen LogP contribution in [0.4, 0.5) is 5.69 Å². The lowest BCUT2D eigenvalue weighted by Crippen LogP contribution is -2.14. The van der Waals surface area contributed by atoms with E-state index in [0.717, 1.165) is 10.0 Å². The number of sulfonamides is 1. The van der Waals surface area contributed by atoms with Crippen molar-refractivity contribution in [2.24, 2.45) is 0 Å². The zero-order valence-corrected chi connectivity index (χ0v) is 15.1. The number of hydrogen-bond donors (Lipinski definition) is 2. The number of hydrogen-bond acceptors (Lipinski definition) is 3. The number of halogens is 2. The lowest BCUT2D eigenvalue weighted by Gasteiger charge is -2.13. The van der Waals surface area contributed by atoms with Gasteiger partial charge in [-0.25, -0.2) is 8.42 Å². The van der Waals surface area contributed by atoms with Gasteiger partial charge in [-0.1, -0.05) is 28.1 Å². The fourth-order valence-electron chi connectivity index (χ4n) is 1.86. The third-order valence-corrected chi connectivity index (χ3v) is 6.04. The first kappa shape index (κ1) is 16.5. The fourth-order valence-corrected chi connectivity index (χ4v) is 4.38. The standard InChI is InChI=1S/C14H13Br2NO3S/c1-9-5-10(8-18)6-13(14(9)16)21(19,20)17-12-4-2-3-11(15)7-12/h2-7,17-18H,8H2,1H3. The molecule has 112 valence electrons. The molecule has 0 spiro atoms. The first-order valence-corrected chi connectivity index (χ1v) is 9.08. The third-order valence-electron chi connectivity index (χ3n) is 2.83. The zero-order valence-electron chi connectivity index (χ0n) is 11.1. The van der Waals surface area contributed by atoms with Crippen LogP contribution in [0.3, 0.4) is 0 Å². The Morgan fingerprint density at radius 1 is 1.19 bits per heavy atom. The maximum atomic E-state index is 12.5. The van der Waals surface area contributed by atoms with Crippen LogP contribution >= 0.6 is 31.9 Å². The van der Waals surface area contributed by atoms with Gasteiger partial charge in [0, 0.05) is 14.6 Å². The molecule has 0 amide bonds. The minimum atomic E-state index is -3.74. The summed E-state index contributed by atoms with van der Waals surface area (Å²) in [4.78, 5) is 0.103. The fraction of sp³-hybridized carbons (Fsp3) is 0.143. The van der Waals surface area contributed by atoms with Gasteiger partial charge in [-0.3, -0.25) is 4.72 Å². The Morgan fingerprint density at radius 3 is 2.52 bits per heavy atom. The van der Waals surface area contributed by atoms with Crippen molar-refractivity contribution in [1.82, 2.24) is 0 Å². The van der Waals surface area contributed by atoms with Gasteiger partial charge in [-0.05, 0) is 58.2 Å². The molecule has 2 aromatic rings. The van der Waals surface area contributed by atoms with Crippen LogP contribution in [0.2, 0.25) is 0 Å². The summed E-state index contributed by atoms with van der Waals surface area (Å²) < 4.78 is 28.8. The highest BCUT2D eigenvalue weighted by atomic mass is 79.9. The molecule has 0 atom stereocenters. The number of rotatable bonds is 4. The number of aryl methyl sites for hydroxylation is 1. The van der Waals surface area contributed by atoms with Crippen LogP contribution in [0.5, 0.6) is 0 Å². The van der Waals surface area contributed by atoms with Crippen molar-refractivity contribution in [3.63, 3.8) is 0 Å². The van der Waals surface area contributed by atoms with Gasteiger partial charge in [0.1, 0.15) is 4.90 Å². The van der Waals surface area contributed by atoms with Crippen LogP contribution in [0, 0.1) is 6.92 Å². The van der Waals surface area contributed by atoms with Gasteiger partial charge in [-0.15, -0.1) is 0 Å². The second-order valence-electron chi connectivity index (χ2n) is 4.50. The monoisotopic (exact) mass is 433 g/mol. The molecule has 0 bridgehead atoms. The molecular formula is C14H13Br2NO3S. The molecule has 0 heterocycles. The highest BCUT2D eigenvalue weighted by Crippen LogP contribution is 2.29. The van der Waals surface area contributed by atoms with E-state index >= 15 is 0 Å². The van der Waals surface area contributed by atoms with Gasteiger partial charge in [0.2, 0.25) is 0 Å². The van der Waals surface area contributed by atoms with E-state index in [1.54, 1.807) is 31.2 Å². The Kier molecular flexibility index (Phi) is 5.08. The van der Waals surface area contributed by atoms with Crippen molar-refractivity contribution in [2.75, 3.05) is 4.72 Å². The minimum Gasteiger partial charge on any atom is -0.392 e. The summed E-state index contributed by atoms with van der Waals surface area (Å²) in [5.74, 6) is 0. The molecule has 0 unspecified atom stereocenters. The van der Waals surface area contributed by atoms with Crippen LogP contribution in [0.25, 0.3) is 0 Å². The Morgan fingerprint density at radius 2 is 1.90 bits per heavy atom. The van der Waals surface area contributed by atoms with Crippen LogP contribution in [0.15, 0.2) is 50.2 Å². The van der Waals surface area contributed by atoms with E-state index in [2.05, 4.69) is 36.6 Å². The third kappa shape index (κ3) is 3.85. The first-order chi connectivity index (χ1) is 9.83. The van der Waals surface area contributed by atoms with Crippen LogP contribution in [-0.2, 0) is 16.6 Å². The molecule has 7 heteroatoms. The van der Waals surface area contributed by atoms with Crippen molar-refractivity contribution in [2.45, 2.75) is 18.4 Å². The Bertz CT molecular complexity index is 776. The summed E-state index contributed by atoms with van der Waals surface area (Å²) >= 11 is 6.59. The Labute approximate surface area is 140 Å². The summed E-state index contributed by atoms with van der Waals surface area (Å²) in [6.07, 6.45) is 0. The summed E-state index contributed by atoms with van der Waals surface area (Å²) in [5.41, 5.74) is 1.75. The largest absolute Gasteiger partial charge is 0.392 e. The highest BCUT2D eigenvalue weighted by molar-refractivity contribution is 9.10. The summed E-state index contributed by atoms with van der Waals surface area (Å²) in [6.45, 7) is 1.56. The average Bonchev–Trinajstić information content (AvgIpc) is 2.41. The molecule has 0 aliphatic rings. The average molecular weight is 435 g/mol. The van der Waals surface area contributed by atoms with E-state index in [1.165, 1.54) is 6.07 Å². The topological polar surface area (TPSA) is 66.4 Å². The molecule has 0 aliphatic heterocycles. The van der Waals surface area contributed by atoms with E-state index in [1.807, 2.05) is 6.07 Å². The maximum Gasteiger partial charge on any atom is 0.263 e. The van der Waals surface area contributed by atoms with Crippen molar-refractivity contribution < 1.29 is 13.5 Å². The van der Waals surface area contributed by atoms with Crippen molar-refractivity contribution in [3.8, 4) is 0 Å². The second-order valence-corrected chi connectivity index (χ2v) is 7.86. The molecule has 4 nitrogen and oxygen atoms in total. The van der Waals surface area contributed by atoms with Gasteiger partial charge >= 0.3 is 0 Å². The van der Waals surface area contributed by atoms with Crippen LogP contribution in [0.1, 0.15) is 11.1 Å². The molecule has 2 N–H and O–H groups in total. The smallest absolute Gasteiger partial charge is 0.263 e. The zero-order chi connectivity index (χ0) is 15.6. The number of nitrogens with one attached hydrogen (secondary N) is 1. The molecule has 0 aromatic heterocycles. The van der Waals surface area contributed by atoms with E-state index in [0.29, 0.717) is 15.7 Å². The van der Waals surface area contributed by atoms with Gasteiger partial charge in [0.05, 0.1) is 6.61 Å². The lowest BCUT2D eigenvalue weighted by molar-refractivity contribution is 0.281. The second kappa shape index (κ2) is 6.48. The van der Waals surface area contributed by atoms with Crippen LogP contribution < -0.4 is 4.72 Å². The number of anilines is 1. The quantitative estimate of drug-likeness (QED) is 0.768. The lowest BCUT2D eigenvalue weighted by atomic mass is 10.1. The van der Waals surface area contributed by atoms with E-state index in [-0.39, 0.29) is 11.5 Å².